The molecule has 0 bridgehead atoms. The zero-order chi connectivity index (χ0) is 21.8. The van der Waals surface area contributed by atoms with Gasteiger partial charge in [-0.2, -0.15) is 0 Å². The lowest BCUT2D eigenvalue weighted by molar-refractivity contribution is -0.137. The molecule has 7 nitrogen and oxygen atoms in total. The van der Waals surface area contributed by atoms with Crippen molar-refractivity contribution in [1.29, 1.82) is 0 Å². The highest BCUT2D eigenvalue weighted by Crippen LogP contribution is 2.31. The van der Waals surface area contributed by atoms with Crippen molar-refractivity contribution in [1.82, 2.24) is 4.90 Å². The molecule has 0 atom stereocenters. The highest BCUT2D eigenvalue weighted by molar-refractivity contribution is 6.36. The minimum atomic E-state index is -0.392. The second kappa shape index (κ2) is 8.92. The third kappa shape index (κ3) is 4.58. The predicted molar refractivity (Wildman–Crippen MR) is 116 cm³/mol. The van der Waals surface area contributed by atoms with E-state index in [1.165, 1.54) is 18.9 Å². The highest BCUT2D eigenvalue weighted by Gasteiger charge is 2.39. The monoisotopic (exact) mass is 407 g/mol. The van der Waals surface area contributed by atoms with Crippen LogP contribution in [0.5, 0.6) is 0 Å². The van der Waals surface area contributed by atoms with E-state index < -0.39 is 5.91 Å². The average Bonchev–Trinajstić information content (AvgIpc) is 2.89. The number of amides is 3. The minimum Gasteiger partial charge on any atom is -0.383 e. The van der Waals surface area contributed by atoms with Crippen molar-refractivity contribution < 1.29 is 19.1 Å². The fourth-order valence-electron chi connectivity index (χ4n) is 3.46. The van der Waals surface area contributed by atoms with Gasteiger partial charge >= 0.3 is 0 Å². The van der Waals surface area contributed by atoms with Crippen molar-refractivity contribution >= 4 is 34.7 Å². The SMILES string of the molecule is COCCN1C(=O)C(Nc2cc(C)cc(C)c2)=C(c2ccc(NC(C)=O)cc2)C1=O. The number of hydrogen-bond acceptors (Lipinski definition) is 5. The molecule has 0 aliphatic carbocycles. The molecule has 2 N–H and O–H groups in total. The average molecular weight is 407 g/mol. The number of ether oxygens (including phenoxy) is 1. The summed E-state index contributed by atoms with van der Waals surface area (Å²) < 4.78 is 5.05. The summed E-state index contributed by atoms with van der Waals surface area (Å²) in [5.74, 6) is -0.953. The second-order valence-electron chi connectivity index (χ2n) is 7.26. The molecule has 2 aromatic rings. The maximum atomic E-state index is 13.1. The Balaban J connectivity index is 2.02. The molecule has 156 valence electrons. The number of rotatable bonds is 7. The number of hydrogen-bond donors (Lipinski definition) is 2. The normalized spacial score (nSPS) is 13.8. The number of nitrogens with one attached hydrogen (secondary N) is 2. The Labute approximate surface area is 175 Å². The number of anilines is 2. The van der Waals surface area contributed by atoms with Gasteiger partial charge in [-0.25, -0.2) is 0 Å². The topological polar surface area (TPSA) is 87.7 Å². The second-order valence-corrected chi connectivity index (χ2v) is 7.26. The van der Waals surface area contributed by atoms with Gasteiger partial charge in [0.05, 0.1) is 18.7 Å². The summed E-state index contributed by atoms with van der Waals surface area (Å²) in [6.45, 7) is 5.79. The molecule has 2 aromatic carbocycles. The predicted octanol–water partition coefficient (Wildman–Crippen LogP) is 3.10. The Morgan fingerprint density at radius 3 is 2.17 bits per heavy atom. The molecule has 1 aliphatic heterocycles. The van der Waals surface area contributed by atoms with Crippen LogP contribution in [-0.2, 0) is 19.1 Å². The summed E-state index contributed by atoms with van der Waals surface area (Å²) >= 11 is 0. The maximum Gasteiger partial charge on any atom is 0.278 e. The molecule has 0 unspecified atom stereocenters. The van der Waals surface area contributed by atoms with Crippen LogP contribution in [0.3, 0.4) is 0 Å². The number of carbonyl (C=O) groups is 3. The Morgan fingerprint density at radius 2 is 1.60 bits per heavy atom. The quantitative estimate of drug-likeness (QED) is 0.689. The molecule has 1 aliphatic rings. The van der Waals surface area contributed by atoms with Crippen LogP contribution in [0.4, 0.5) is 11.4 Å². The molecular weight excluding hydrogens is 382 g/mol. The smallest absolute Gasteiger partial charge is 0.278 e. The van der Waals surface area contributed by atoms with Gasteiger partial charge in [-0.05, 0) is 54.8 Å². The zero-order valence-electron chi connectivity index (χ0n) is 17.5. The molecule has 0 spiro atoms. The first-order chi connectivity index (χ1) is 14.3. The summed E-state index contributed by atoms with van der Waals surface area (Å²) in [5.41, 5.74) is 4.57. The van der Waals surface area contributed by atoms with E-state index in [1.54, 1.807) is 24.3 Å². The summed E-state index contributed by atoms with van der Waals surface area (Å²) in [6.07, 6.45) is 0. The van der Waals surface area contributed by atoms with Crippen molar-refractivity contribution in [3.63, 3.8) is 0 Å². The maximum absolute atomic E-state index is 13.1. The van der Waals surface area contributed by atoms with Crippen LogP contribution in [0, 0.1) is 13.8 Å². The molecule has 1 heterocycles. The fourth-order valence-corrected chi connectivity index (χ4v) is 3.46. The first kappa shape index (κ1) is 21.3. The molecule has 0 radical (unpaired) electrons. The largest absolute Gasteiger partial charge is 0.383 e. The van der Waals surface area contributed by atoms with E-state index in [0.29, 0.717) is 16.8 Å². The molecule has 0 saturated carbocycles. The Bertz CT molecular complexity index is 1000. The molecule has 0 saturated heterocycles. The van der Waals surface area contributed by atoms with Gasteiger partial charge < -0.3 is 15.4 Å². The highest BCUT2D eigenvalue weighted by atomic mass is 16.5. The van der Waals surface area contributed by atoms with E-state index >= 15 is 0 Å². The van der Waals surface area contributed by atoms with Crippen molar-refractivity contribution in [3.8, 4) is 0 Å². The zero-order valence-corrected chi connectivity index (χ0v) is 17.5. The van der Waals surface area contributed by atoms with Gasteiger partial charge in [0.15, 0.2) is 0 Å². The van der Waals surface area contributed by atoms with E-state index in [1.807, 2.05) is 32.0 Å². The number of aryl methyl sites for hydroxylation is 2. The Morgan fingerprint density at radius 1 is 0.967 bits per heavy atom. The van der Waals surface area contributed by atoms with Gasteiger partial charge in [-0.15, -0.1) is 0 Å². The van der Waals surface area contributed by atoms with Crippen molar-refractivity contribution in [2.24, 2.45) is 0 Å². The molecule has 3 amide bonds. The lowest BCUT2D eigenvalue weighted by atomic mass is 10.0. The van der Waals surface area contributed by atoms with E-state index in [9.17, 15) is 14.4 Å². The number of methoxy groups -OCH3 is 1. The third-order valence-corrected chi connectivity index (χ3v) is 4.67. The molecule has 0 aromatic heterocycles. The summed E-state index contributed by atoms with van der Waals surface area (Å²) in [4.78, 5) is 38.6. The van der Waals surface area contributed by atoms with Crippen LogP contribution < -0.4 is 10.6 Å². The van der Waals surface area contributed by atoms with Gasteiger partial charge in [-0.3, -0.25) is 19.3 Å². The first-order valence-corrected chi connectivity index (χ1v) is 9.63. The van der Waals surface area contributed by atoms with Crippen molar-refractivity contribution in [2.75, 3.05) is 30.9 Å². The molecule has 0 fully saturated rings. The number of nitrogens with zero attached hydrogens (tertiary/aromatic N) is 1. The summed E-state index contributed by atoms with van der Waals surface area (Å²) in [7, 11) is 1.52. The lowest BCUT2D eigenvalue weighted by Gasteiger charge is -2.14. The molecule has 30 heavy (non-hydrogen) atoms. The van der Waals surface area contributed by atoms with Gasteiger partial charge in [0.1, 0.15) is 5.70 Å². The van der Waals surface area contributed by atoms with Crippen LogP contribution in [0.25, 0.3) is 5.57 Å². The van der Waals surface area contributed by atoms with Crippen LogP contribution in [-0.4, -0.2) is 42.9 Å². The van der Waals surface area contributed by atoms with Crippen molar-refractivity contribution in [2.45, 2.75) is 20.8 Å². The van der Waals surface area contributed by atoms with E-state index in [2.05, 4.69) is 10.6 Å². The fraction of sp³-hybridized carbons (Fsp3) is 0.261. The Kier molecular flexibility index (Phi) is 6.32. The van der Waals surface area contributed by atoms with E-state index in [-0.39, 0.29) is 30.7 Å². The Hall–Kier alpha value is -3.45. The number of carbonyl (C=O) groups excluding carboxylic acids is 3. The first-order valence-electron chi connectivity index (χ1n) is 9.63. The number of imide groups is 1. The summed E-state index contributed by atoms with van der Waals surface area (Å²) in [6, 6.07) is 12.7. The van der Waals surface area contributed by atoms with Gasteiger partial charge in [0, 0.05) is 25.4 Å². The van der Waals surface area contributed by atoms with Crippen LogP contribution in [0.1, 0.15) is 23.6 Å². The molecular formula is C23H25N3O4. The van der Waals surface area contributed by atoms with Gasteiger partial charge in [0.2, 0.25) is 5.91 Å². The van der Waals surface area contributed by atoms with Gasteiger partial charge in [0.25, 0.3) is 11.8 Å². The van der Waals surface area contributed by atoms with Crippen LogP contribution in [0.2, 0.25) is 0 Å². The molecule has 3 rings (SSSR count). The van der Waals surface area contributed by atoms with Gasteiger partial charge in [-0.1, -0.05) is 18.2 Å². The van der Waals surface area contributed by atoms with E-state index in [0.717, 1.165) is 16.8 Å². The third-order valence-electron chi connectivity index (χ3n) is 4.67. The van der Waals surface area contributed by atoms with Crippen LogP contribution >= 0.6 is 0 Å². The lowest BCUT2D eigenvalue weighted by Crippen LogP contribution is -2.35. The molecule has 7 heteroatoms. The van der Waals surface area contributed by atoms with Crippen molar-refractivity contribution in [3.05, 3.63) is 64.9 Å². The van der Waals surface area contributed by atoms with E-state index in [4.69, 9.17) is 4.74 Å². The minimum absolute atomic E-state index is 0.166. The number of benzene rings is 2. The van der Waals surface area contributed by atoms with Crippen LogP contribution in [0.15, 0.2) is 48.2 Å². The standard InChI is InChI=1S/C23H25N3O4/c1-14-11-15(2)13-19(12-14)25-21-20(22(28)26(23(21)29)9-10-30-4)17-5-7-18(8-6-17)24-16(3)27/h5-8,11-13,25H,9-10H2,1-4H3,(H,24,27). The summed E-state index contributed by atoms with van der Waals surface area (Å²) in [5, 5.41) is 5.85.